The molecule has 0 aliphatic rings. The van der Waals surface area contributed by atoms with Gasteiger partial charge in [0.1, 0.15) is 23.2 Å². The molecular weight excluding hydrogens is 246 g/mol. The lowest BCUT2D eigenvalue weighted by Crippen LogP contribution is -1.96. The van der Waals surface area contributed by atoms with Gasteiger partial charge in [0.15, 0.2) is 0 Å². The number of aryl methyl sites for hydroxylation is 1. The molecule has 0 bridgehead atoms. The number of nitriles is 1. The highest BCUT2D eigenvalue weighted by Crippen LogP contribution is 2.24. The van der Waals surface area contributed by atoms with Gasteiger partial charge in [-0.3, -0.25) is 0 Å². The van der Waals surface area contributed by atoms with Crippen LogP contribution < -0.4 is 4.74 Å². The van der Waals surface area contributed by atoms with Gasteiger partial charge in [-0.25, -0.2) is 4.98 Å². The standard InChI is InChI=1S/C13H11N3OS/c1-9-15-8-10(7-14)13(16-9)17-11-3-5-12(18-2)6-4-11/h3-6,8H,1-2H3. The summed E-state index contributed by atoms with van der Waals surface area (Å²) in [6.45, 7) is 1.75. The molecule has 0 saturated carbocycles. The largest absolute Gasteiger partial charge is 0.438 e. The number of nitrogens with zero attached hydrogens (tertiary/aromatic N) is 3. The minimum atomic E-state index is 0.293. The van der Waals surface area contributed by atoms with Crippen molar-refractivity contribution in [1.82, 2.24) is 9.97 Å². The number of aromatic nitrogens is 2. The van der Waals surface area contributed by atoms with Gasteiger partial charge in [-0.05, 0) is 37.4 Å². The molecule has 0 aliphatic carbocycles. The molecule has 2 rings (SSSR count). The van der Waals surface area contributed by atoms with E-state index in [2.05, 4.69) is 9.97 Å². The summed E-state index contributed by atoms with van der Waals surface area (Å²) >= 11 is 1.66. The maximum atomic E-state index is 8.96. The Morgan fingerprint density at radius 2 is 2.00 bits per heavy atom. The van der Waals surface area contributed by atoms with Crippen molar-refractivity contribution < 1.29 is 4.74 Å². The lowest BCUT2D eigenvalue weighted by Gasteiger charge is -2.06. The Morgan fingerprint density at radius 1 is 1.28 bits per heavy atom. The smallest absolute Gasteiger partial charge is 0.240 e. The van der Waals surface area contributed by atoms with Crippen LogP contribution >= 0.6 is 11.8 Å². The Balaban J connectivity index is 2.27. The average molecular weight is 257 g/mol. The van der Waals surface area contributed by atoms with Crippen LogP contribution in [0.5, 0.6) is 11.6 Å². The Labute approximate surface area is 110 Å². The fourth-order valence-corrected chi connectivity index (χ4v) is 1.77. The Morgan fingerprint density at radius 3 is 2.61 bits per heavy atom. The number of benzene rings is 1. The van der Waals surface area contributed by atoms with Crippen molar-refractivity contribution >= 4 is 11.8 Å². The summed E-state index contributed by atoms with van der Waals surface area (Å²) in [6.07, 6.45) is 3.48. The second-order valence-corrected chi connectivity index (χ2v) is 4.41. The quantitative estimate of drug-likeness (QED) is 0.790. The highest BCUT2D eigenvalue weighted by Gasteiger charge is 2.07. The summed E-state index contributed by atoms with van der Waals surface area (Å²) < 4.78 is 5.60. The molecule has 0 atom stereocenters. The zero-order valence-electron chi connectivity index (χ0n) is 10.0. The van der Waals surface area contributed by atoms with Crippen molar-refractivity contribution in [2.75, 3.05) is 6.26 Å². The van der Waals surface area contributed by atoms with Gasteiger partial charge in [-0.2, -0.15) is 10.2 Å². The molecule has 0 spiro atoms. The molecule has 0 amide bonds. The van der Waals surface area contributed by atoms with Crippen LogP contribution in [0.25, 0.3) is 0 Å². The Hall–Kier alpha value is -2.06. The van der Waals surface area contributed by atoms with E-state index in [0.717, 1.165) is 4.90 Å². The van der Waals surface area contributed by atoms with Crippen LogP contribution in [0.3, 0.4) is 0 Å². The molecule has 0 saturated heterocycles. The van der Waals surface area contributed by atoms with Gasteiger partial charge in [-0.1, -0.05) is 0 Å². The SMILES string of the molecule is CSc1ccc(Oc2nc(C)ncc2C#N)cc1. The molecule has 0 aliphatic heterocycles. The predicted molar refractivity (Wildman–Crippen MR) is 69.8 cm³/mol. The fraction of sp³-hybridized carbons (Fsp3) is 0.154. The maximum absolute atomic E-state index is 8.96. The van der Waals surface area contributed by atoms with Gasteiger partial charge < -0.3 is 4.74 Å². The van der Waals surface area contributed by atoms with Crippen molar-refractivity contribution in [2.45, 2.75) is 11.8 Å². The first-order chi connectivity index (χ1) is 8.72. The molecule has 0 radical (unpaired) electrons. The summed E-state index contributed by atoms with van der Waals surface area (Å²) in [5.41, 5.74) is 0.328. The Kier molecular flexibility index (Phi) is 3.80. The normalized spacial score (nSPS) is 9.83. The first-order valence-corrected chi connectivity index (χ1v) is 6.51. The zero-order chi connectivity index (χ0) is 13.0. The number of rotatable bonds is 3. The number of ether oxygens (including phenoxy) is 1. The summed E-state index contributed by atoms with van der Waals surface area (Å²) in [6, 6.07) is 9.63. The van der Waals surface area contributed by atoms with E-state index < -0.39 is 0 Å². The minimum absolute atomic E-state index is 0.293. The molecule has 0 N–H and O–H groups in total. The van der Waals surface area contributed by atoms with Gasteiger partial charge in [-0.15, -0.1) is 11.8 Å². The summed E-state index contributed by atoms with van der Waals surface area (Å²) in [5.74, 6) is 1.52. The zero-order valence-corrected chi connectivity index (χ0v) is 10.9. The monoisotopic (exact) mass is 257 g/mol. The highest BCUT2D eigenvalue weighted by molar-refractivity contribution is 7.98. The highest BCUT2D eigenvalue weighted by atomic mass is 32.2. The lowest BCUT2D eigenvalue weighted by molar-refractivity contribution is 0.457. The van der Waals surface area contributed by atoms with E-state index in [1.807, 2.05) is 36.6 Å². The van der Waals surface area contributed by atoms with Gasteiger partial charge in [0.25, 0.3) is 0 Å². The first-order valence-electron chi connectivity index (χ1n) is 5.28. The molecular formula is C13H11N3OS. The Bertz CT molecular complexity index is 590. The minimum Gasteiger partial charge on any atom is -0.438 e. The van der Waals surface area contributed by atoms with E-state index in [-0.39, 0.29) is 0 Å². The average Bonchev–Trinajstić information content (AvgIpc) is 2.40. The molecule has 18 heavy (non-hydrogen) atoms. The van der Waals surface area contributed by atoms with Crippen LogP contribution in [0.15, 0.2) is 35.4 Å². The molecule has 1 heterocycles. The van der Waals surface area contributed by atoms with Crippen LogP contribution in [0, 0.1) is 18.3 Å². The van der Waals surface area contributed by atoms with Gasteiger partial charge in [0.05, 0.1) is 6.20 Å². The van der Waals surface area contributed by atoms with Crippen LogP contribution in [-0.4, -0.2) is 16.2 Å². The first kappa shape index (κ1) is 12.4. The summed E-state index contributed by atoms with van der Waals surface area (Å²) in [7, 11) is 0. The third-order valence-electron chi connectivity index (χ3n) is 2.27. The van der Waals surface area contributed by atoms with Crippen LogP contribution in [0.1, 0.15) is 11.4 Å². The third kappa shape index (κ3) is 2.79. The molecule has 4 nitrogen and oxygen atoms in total. The van der Waals surface area contributed by atoms with E-state index in [9.17, 15) is 0 Å². The topological polar surface area (TPSA) is 58.8 Å². The van der Waals surface area contributed by atoms with Crippen molar-refractivity contribution in [2.24, 2.45) is 0 Å². The maximum Gasteiger partial charge on any atom is 0.240 e. The van der Waals surface area contributed by atoms with E-state index in [1.165, 1.54) is 6.20 Å². The van der Waals surface area contributed by atoms with Crippen molar-refractivity contribution in [3.8, 4) is 17.7 Å². The van der Waals surface area contributed by atoms with Gasteiger partial charge in [0, 0.05) is 4.90 Å². The molecule has 1 aromatic carbocycles. The second-order valence-electron chi connectivity index (χ2n) is 3.53. The summed E-state index contributed by atoms with van der Waals surface area (Å²) in [5, 5.41) is 8.96. The van der Waals surface area contributed by atoms with Crippen LogP contribution in [-0.2, 0) is 0 Å². The van der Waals surface area contributed by atoms with Crippen molar-refractivity contribution in [3.63, 3.8) is 0 Å². The van der Waals surface area contributed by atoms with E-state index in [4.69, 9.17) is 10.00 Å². The van der Waals surface area contributed by atoms with Gasteiger partial charge >= 0.3 is 0 Å². The lowest BCUT2D eigenvalue weighted by atomic mass is 10.3. The van der Waals surface area contributed by atoms with E-state index in [0.29, 0.717) is 23.0 Å². The number of thioether (sulfide) groups is 1. The van der Waals surface area contributed by atoms with Crippen LogP contribution in [0.2, 0.25) is 0 Å². The molecule has 0 unspecified atom stereocenters. The third-order valence-corrected chi connectivity index (χ3v) is 3.01. The molecule has 1 aromatic heterocycles. The molecule has 90 valence electrons. The number of hydrogen-bond acceptors (Lipinski definition) is 5. The molecule has 0 fully saturated rings. The number of hydrogen-bond donors (Lipinski definition) is 0. The van der Waals surface area contributed by atoms with Crippen LogP contribution in [0.4, 0.5) is 0 Å². The van der Waals surface area contributed by atoms with Gasteiger partial charge in [0.2, 0.25) is 5.88 Å². The van der Waals surface area contributed by atoms with Crippen molar-refractivity contribution in [1.29, 1.82) is 5.26 Å². The predicted octanol–water partition coefficient (Wildman–Crippen LogP) is 3.17. The second kappa shape index (κ2) is 5.52. The molecule has 2 aromatic rings. The van der Waals surface area contributed by atoms with Crippen molar-refractivity contribution in [3.05, 3.63) is 41.9 Å². The molecule has 5 heteroatoms. The summed E-state index contributed by atoms with van der Waals surface area (Å²) in [4.78, 5) is 9.24. The fourth-order valence-electron chi connectivity index (χ4n) is 1.36. The van der Waals surface area contributed by atoms with E-state index in [1.54, 1.807) is 18.7 Å². The van der Waals surface area contributed by atoms with E-state index >= 15 is 0 Å².